The number of fused-ring (bicyclic) bond motifs is 5. The quantitative estimate of drug-likeness (QED) is 0.0257. The summed E-state index contributed by atoms with van der Waals surface area (Å²) < 4.78 is 22.1. The molecule has 0 radical (unpaired) electrons. The fourth-order valence-corrected chi connectivity index (χ4v) is 11.5. The van der Waals surface area contributed by atoms with Crippen LogP contribution >= 0.6 is 0 Å². The van der Waals surface area contributed by atoms with Gasteiger partial charge in [-0.05, 0) is 80.2 Å². The molecule has 8 rings (SSSR count). The van der Waals surface area contributed by atoms with Crippen LogP contribution < -0.4 is 21.5 Å². The average molecular weight is 1160 g/mol. The van der Waals surface area contributed by atoms with Gasteiger partial charge >= 0.3 is 11.9 Å². The summed E-state index contributed by atoms with van der Waals surface area (Å²) in [6.07, 6.45) is 2.66. The SMILES string of the molecule is CC[C@@]1(O)C(=O)OCc2c1cc1n(c2=O)Cc2c-1nc1cc(F)c(C)c3c1c2[C@@H](NC(=O)CCCNC(=O)CCC(=O)[C@H](Cc1ccccc1)NC(=O)CCC(=O)CN(C)C(=O)[C@H](CC(=O)O)CC(=O)CCCCCN1C(=O)C=CC1=O)CC3. The Bertz CT molecular complexity index is 3430. The highest BCUT2D eigenvalue weighted by atomic mass is 19.1. The number of aliphatic carboxylic acids is 1. The predicted molar refractivity (Wildman–Crippen MR) is 299 cm³/mol. The summed E-state index contributed by atoms with van der Waals surface area (Å²) in [6, 6.07) is 10.1. The zero-order valence-electron chi connectivity index (χ0n) is 47.1. The third-order valence-electron chi connectivity index (χ3n) is 16.1. The van der Waals surface area contributed by atoms with Gasteiger partial charge in [-0.3, -0.25) is 57.6 Å². The van der Waals surface area contributed by atoms with Crippen LogP contribution in [0.4, 0.5) is 4.39 Å². The first-order valence-electron chi connectivity index (χ1n) is 28.4. The Hall–Kier alpha value is -8.60. The van der Waals surface area contributed by atoms with Gasteiger partial charge in [-0.25, -0.2) is 14.2 Å². The van der Waals surface area contributed by atoms with E-state index in [2.05, 4.69) is 16.0 Å². The molecule has 0 fully saturated rings. The molecule has 84 heavy (non-hydrogen) atoms. The van der Waals surface area contributed by atoms with Gasteiger partial charge in [0.1, 0.15) is 18.2 Å². The van der Waals surface area contributed by atoms with Crippen LogP contribution in [-0.4, -0.2) is 127 Å². The van der Waals surface area contributed by atoms with Gasteiger partial charge in [0.15, 0.2) is 17.2 Å². The van der Waals surface area contributed by atoms with Gasteiger partial charge in [-0.2, -0.15) is 0 Å². The monoisotopic (exact) mass is 1160 g/mol. The molecule has 6 amide bonds. The van der Waals surface area contributed by atoms with Gasteiger partial charge in [-0.1, -0.05) is 43.7 Å². The summed E-state index contributed by atoms with van der Waals surface area (Å²) in [6.45, 7) is 2.86. The normalized spacial score (nSPS) is 17.2. The maximum atomic E-state index is 15.4. The van der Waals surface area contributed by atoms with Crippen LogP contribution in [0.2, 0.25) is 0 Å². The number of aryl methyl sites for hydroxylation is 1. The summed E-state index contributed by atoms with van der Waals surface area (Å²) in [4.78, 5) is 162. The second kappa shape index (κ2) is 26.8. The molecule has 4 atom stereocenters. The standard InChI is InChI=1S/C61H68FN7O15/c1-4-61(83)42-29-47-57-40(32-69(47)59(81)41(42)33-84-60(61)82)56-44(18-17-39-34(2)43(62)30-46(66-57)55(39)56)64-50(74)15-11-24-63-49(73)21-19-48(72)45(26-35-12-7-5-8-13-35)65-51(75)20-16-38(71)31-67(3)58(80)36(28-54(78)79)27-37(70)14-9-6-10-25-68-52(76)22-23-53(68)77/h5,7-8,12-13,22-23,29-30,36,44-45,83H,4,6,9-11,14-21,24-28,31-33H2,1-3H3,(H,63,73)(H,64,74)(H,65,75)(H,78,79)/t36-,44-,45-,61-/m0/s1. The van der Waals surface area contributed by atoms with Crippen molar-refractivity contribution in [2.75, 3.05) is 26.7 Å². The van der Waals surface area contributed by atoms with E-state index in [9.17, 15) is 67.7 Å². The third-order valence-corrected chi connectivity index (χ3v) is 16.1. The maximum absolute atomic E-state index is 15.4. The summed E-state index contributed by atoms with van der Waals surface area (Å²) in [5.41, 5.74) is 2.07. The van der Waals surface area contributed by atoms with E-state index in [1.807, 2.05) is 0 Å². The second-order valence-corrected chi connectivity index (χ2v) is 21.9. The van der Waals surface area contributed by atoms with Crippen molar-refractivity contribution in [2.45, 2.75) is 147 Å². The molecule has 0 saturated heterocycles. The number of unbranched alkanes of at least 4 members (excludes halogenated alkanes) is 2. The van der Waals surface area contributed by atoms with E-state index in [1.54, 1.807) is 50.2 Å². The Labute approximate surface area is 482 Å². The first kappa shape index (κ1) is 61.5. The molecule has 4 aromatic rings. The molecule has 2 aromatic carbocycles. The van der Waals surface area contributed by atoms with Crippen LogP contribution in [0.15, 0.2) is 59.4 Å². The average Bonchev–Trinajstić information content (AvgIpc) is 1.75. The number of carboxylic acid groups (broad SMARTS) is 1. The van der Waals surface area contributed by atoms with Gasteiger partial charge in [-0.15, -0.1) is 0 Å². The number of aliphatic hydroxyl groups is 1. The molecule has 2 aromatic heterocycles. The highest BCUT2D eigenvalue weighted by molar-refractivity contribution is 6.12. The number of pyridine rings is 2. The molecule has 3 aliphatic heterocycles. The molecule has 0 saturated carbocycles. The van der Waals surface area contributed by atoms with Crippen molar-refractivity contribution < 1.29 is 72.1 Å². The van der Waals surface area contributed by atoms with Crippen molar-refractivity contribution in [3.8, 4) is 11.4 Å². The number of esters is 1. The second-order valence-electron chi connectivity index (χ2n) is 21.9. The summed E-state index contributed by atoms with van der Waals surface area (Å²) in [5, 5.41) is 30.1. The molecule has 5 N–H and O–H groups in total. The van der Waals surface area contributed by atoms with Gasteiger partial charge in [0.25, 0.3) is 17.4 Å². The largest absolute Gasteiger partial charge is 0.481 e. The molecule has 0 unspecified atom stereocenters. The number of hydrogen-bond donors (Lipinski definition) is 5. The van der Waals surface area contributed by atoms with Gasteiger partial charge in [0.2, 0.25) is 23.6 Å². The number of carboxylic acids is 1. The minimum absolute atomic E-state index is 0.00135. The van der Waals surface area contributed by atoms with E-state index < -0.39 is 101 Å². The number of benzene rings is 2. The van der Waals surface area contributed by atoms with Crippen molar-refractivity contribution in [3.63, 3.8) is 0 Å². The zero-order chi connectivity index (χ0) is 60.6. The summed E-state index contributed by atoms with van der Waals surface area (Å²) >= 11 is 0. The van der Waals surface area contributed by atoms with Crippen molar-refractivity contribution in [2.24, 2.45) is 5.92 Å². The van der Waals surface area contributed by atoms with Crippen molar-refractivity contribution in [3.05, 3.63) is 110 Å². The number of likely N-dealkylation sites (N-methyl/N-ethyl adjacent to an activating group) is 1. The van der Waals surface area contributed by atoms with Gasteiger partial charge in [0.05, 0.1) is 60.0 Å². The lowest BCUT2D eigenvalue weighted by Gasteiger charge is -2.31. The summed E-state index contributed by atoms with van der Waals surface area (Å²) in [5.74, 6) is -8.22. The Morgan fingerprint density at radius 1 is 0.845 bits per heavy atom. The highest BCUT2D eigenvalue weighted by Gasteiger charge is 2.46. The van der Waals surface area contributed by atoms with Gasteiger partial charge in [0, 0.05) is 99.8 Å². The molecule has 0 spiro atoms. The Morgan fingerprint density at radius 2 is 1.57 bits per heavy atom. The first-order valence-corrected chi connectivity index (χ1v) is 28.4. The van der Waals surface area contributed by atoms with E-state index in [1.165, 1.54) is 29.8 Å². The van der Waals surface area contributed by atoms with Crippen LogP contribution in [0.3, 0.4) is 0 Å². The van der Waals surface area contributed by atoms with Gasteiger partial charge < -0.3 is 40.4 Å². The number of hydrogen-bond acceptors (Lipinski definition) is 15. The number of halogens is 1. The maximum Gasteiger partial charge on any atom is 0.343 e. The number of ketones is 3. The molecule has 22 nitrogen and oxygen atoms in total. The number of aromatic nitrogens is 2. The first-order chi connectivity index (χ1) is 40.1. The van der Waals surface area contributed by atoms with Crippen molar-refractivity contribution >= 4 is 75.6 Å². The topological polar surface area (TPSA) is 315 Å². The minimum atomic E-state index is -2.05. The smallest absolute Gasteiger partial charge is 0.343 e. The third kappa shape index (κ3) is 13.9. The highest BCUT2D eigenvalue weighted by Crippen LogP contribution is 2.46. The van der Waals surface area contributed by atoms with Crippen LogP contribution in [0.5, 0.6) is 0 Å². The molecule has 23 heteroatoms. The van der Waals surface area contributed by atoms with Crippen molar-refractivity contribution in [1.29, 1.82) is 0 Å². The number of carbonyl (C=O) groups excluding carboxylic acids is 10. The molecule has 5 heterocycles. The number of nitrogens with one attached hydrogen (secondary N) is 3. The Kier molecular flexibility index (Phi) is 19.6. The van der Waals surface area contributed by atoms with Crippen LogP contribution in [0.1, 0.15) is 142 Å². The van der Waals surface area contributed by atoms with E-state index >= 15 is 4.39 Å². The molecule has 1 aliphatic carbocycles. The number of nitrogens with zero attached hydrogens (tertiary/aromatic N) is 4. The van der Waals surface area contributed by atoms with E-state index in [0.29, 0.717) is 76.6 Å². The number of cyclic esters (lactones) is 1. The lowest BCUT2D eigenvalue weighted by Crippen LogP contribution is -2.44. The fourth-order valence-electron chi connectivity index (χ4n) is 11.5. The van der Waals surface area contributed by atoms with Crippen LogP contribution in [-0.2, 0) is 89.1 Å². The molecular weight excluding hydrogens is 1090 g/mol. The fraction of sp³-hybridized carbons (Fsp3) is 0.459. The number of Topliss-reactive ketones (excluding diaryl/α,β-unsaturated/α-hetero) is 3. The molecule has 0 bridgehead atoms. The molecule has 444 valence electrons. The Morgan fingerprint density at radius 3 is 2.29 bits per heavy atom. The molecule has 4 aliphatic rings. The predicted octanol–water partition coefficient (Wildman–Crippen LogP) is 3.95. The molecular formula is C61H68FN7O15. The van der Waals surface area contributed by atoms with E-state index in [-0.39, 0.29) is 113 Å². The summed E-state index contributed by atoms with van der Waals surface area (Å²) in [7, 11) is 1.29. The lowest BCUT2D eigenvalue weighted by atomic mass is 9.81. The van der Waals surface area contributed by atoms with E-state index in [4.69, 9.17) is 9.72 Å². The number of carbonyl (C=O) groups is 11. The minimum Gasteiger partial charge on any atom is -0.481 e. The Balaban J connectivity index is 0.802. The number of imide groups is 1. The zero-order valence-corrected chi connectivity index (χ0v) is 47.1. The van der Waals surface area contributed by atoms with Crippen LogP contribution in [0.25, 0.3) is 22.3 Å². The van der Waals surface area contributed by atoms with Crippen molar-refractivity contribution in [1.82, 2.24) is 35.3 Å². The number of ether oxygens (including phenoxy) is 1. The number of amides is 6. The van der Waals surface area contributed by atoms with Crippen LogP contribution in [0, 0.1) is 18.7 Å². The van der Waals surface area contributed by atoms with E-state index in [0.717, 1.165) is 15.4 Å². The lowest BCUT2D eigenvalue weighted by molar-refractivity contribution is -0.172. The number of rotatable bonds is 29.